The molecule has 0 aromatic heterocycles. The van der Waals surface area contributed by atoms with Crippen molar-refractivity contribution in [3.63, 3.8) is 0 Å². The van der Waals surface area contributed by atoms with Gasteiger partial charge < -0.3 is 25.2 Å². The van der Waals surface area contributed by atoms with Gasteiger partial charge in [0.15, 0.2) is 0 Å². The summed E-state index contributed by atoms with van der Waals surface area (Å²) in [6.45, 7) is 3.71. The molecule has 0 bridgehead atoms. The Labute approximate surface area is 193 Å². The van der Waals surface area contributed by atoms with Crippen LogP contribution in [-0.4, -0.2) is 55.5 Å². The van der Waals surface area contributed by atoms with Crippen molar-refractivity contribution in [3.05, 3.63) is 59.7 Å². The molecule has 3 rings (SSSR count). The van der Waals surface area contributed by atoms with E-state index in [1.165, 1.54) is 7.11 Å². The molecule has 0 heterocycles. The fourth-order valence-corrected chi connectivity index (χ4v) is 4.10. The van der Waals surface area contributed by atoms with E-state index in [-0.39, 0.29) is 31.5 Å². The normalized spacial score (nSPS) is 14.2. The maximum absolute atomic E-state index is 12.6. The predicted molar refractivity (Wildman–Crippen MR) is 123 cm³/mol. The molecule has 1 aliphatic rings. The molecule has 2 atom stereocenters. The van der Waals surface area contributed by atoms with Gasteiger partial charge >= 0.3 is 12.1 Å². The Morgan fingerprint density at radius 3 is 2.03 bits per heavy atom. The summed E-state index contributed by atoms with van der Waals surface area (Å²) in [5.74, 6) is -1.81. The van der Waals surface area contributed by atoms with Gasteiger partial charge in [0, 0.05) is 13.0 Å². The van der Waals surface area contributed by atoms with Crippen LogP contribution in [0.5, 0.6) is 0 Å². The van der Waals surface area contributed by atoms with Crippen LogP contribution in [0.15, 0.2) is 48.5 Å². The fraction of sp³-hybridized carbons (Fsp3) is 0.400. The average molecular weight is 455 g/mol. The molecular weight excluding hydrogens is 424 g/mol. The first-order valence-corrected chi connectivity index (χ1v) is 11.0. The van der Waals surface area contributed by atoms with Gasteiger partial charge in [-0.1, -0.05) is 62.4 Å². The third-order valence-electron chi connectivity index (χ3n) is 5.61. The topological polar surface area (TPSA) is 114 Å². The monoisotopic (exact) mass is 454 g/mol. The summed E-state index contributed by atoms with van der Waals surface area (Å²) in [4.78, 5) is 36.6. The van der Waals surface area contributed by atoms with E-state index in [1.54, 1.807) is 0 Å². The van der Waals surface area contributed by atoms with Gasteiger partial charge in [0.25, 0.3) is 0 Å². The highest BCUT2D eigenvalue weighted by Crippen LogP contribution is 2.44. The maximum Gasteiger partial charge on any atom is 0.407 e. The Kier molecular flexibility index (Phi) is 8.06. The van der Waals surface area contributed by atoms with E-state index in [4.69, 9.17) is 9.47 Å². The van der Waals surface area contributed by atoms with Gasteiger partial charge in [0.2, 0.25) is 5.91 Å². The zero-order valence-electron chi connectivity index (χ0n) is 19.0. The van der Waals surface area contributed by atoms with Crippen LogP contribution in [0.4, 0.5) is 4.79 Å². The number of carbonyl (C=O) groups is 3. The molecule has 0 fully saturated rings. The van der Waals surface area contributed by atoms with Gasteiger partial charge in [-0.05, 0) is 34.6 Å². The maximum atomic E-state index is 12.6. The highest BCUT2D eigenvalue weighted by atomic mass is 16.5. The smallest absolute Gasteiger partial charge is 0.407 e. The number of carboxylic acid groups (broad SMARTS) is 1. The van der Waals surface area contributed by atoms with Crippen LogP contribution in [0.1, 0.15) is 37.3 Å². The number of carbonyl (C=O) groups excluding carboxylic acids is 2. The van der Waals surface area contributed by atoms with Crippen LogP contribution >= 0.6 is 0 Å². The number of nitrogens with one attached hydrogen (secondary N) is 2. The number of hydrogen-bond donors (Lipinski definition) is 3. The van der Waals surface area contributed by atoms with Gasteiger partial charge in [0.1, 0.15) is 18.7 Å². The summed E-state index contributed by atoms with van der Waals surface area (Å²) in [6, 6.07) is 13.8. The van der Waals surface area contributed by atoms with Gasteiger partial charge in [-0.15, -0.1) is 0 Å². The fourth-order valence-electron chi connectivity index (χ4n) is 4.10. The van der Waals surface area contributed by atoms with Gasteiger partial charge in [-0.2, -0.15) is 0 Å². The number of benzene rings is 2. The highest BCUT2D eigenvalue weighted by molar-refractivity contribution is 5.89. The Morgan fingerprint density at radius 2 is 1.52 bits per heavy atom. The lowest BCUT2D eigenvalue weighted by atomic mass is 9.98. The summed E-state index contributed by atoms with van der Waals surface area (Å²) < 4.78 is 10.5. The molecule has 2 aromatic carbocycles. The zero-order chi connectivity index (χ0) is 24.0. The van der Waals surface area contributed by atoms with Crippen molar-refractivity contribution in [3.8, 4) is 11.1 Å². The molecule has 3 N–H and O–H groups in total. The molecule has 0 radical (unpaired) electrons. The number of aliphatic carboxylic acids is 1. The second-order valence-corrected chi connectivity index (χ2v) is 8.51. The first-order chi connectivity index (χ1) is 15.8. The van der Waals surface area contributed by atoms with Gasteiger partial charge in [-0.3, -0.25) is 4.79 Å². The van der Waals surface area contributed by atoms with Crippen molar-refractivity contribution in [1.82, 2.24) is 10.6 Å². The molecule has 1 unspecified atom stereocenters. The van der Waals surface area contributed by atoms with Gasteiger partial charge in [-0.25, -0.2) is 9.59 Å². The molecule has 1 aliphatic carbocycles. The quantitative estimate of drug-likeness (QED) is 0.508. The largest absolute Gasteiger partial charge is 0.480 e. The van der Waals surface area contributed by atoms with E-state index in [1.807, 2.05) is 62.4 Å². The molecule has 0 aliphatic heterocycles. The number of hydrogen-bond acceptors (Lipinski definition) is 5. The van der Waals surface area contributed by atoms with Crippen LogP contribution in [0.25, 0.3) is 11.1 Å². The minimum absolute atomic E-state index is 0.0716. The molecule has 176 valence electrons. The van der Waals surface area contributed by atoms with Crippen LogP contribution in [0, 0.1) is 5.92 Å². The van der Waals surface area contributed by atoms with Crippen molar-refractivity contribution in [2.75, 3.05) is 20.3 Å². The SMILES string of the molecule is COCC(NC(=O)OCC1c2ccccc2-c2ccccc21)C(=O)N[C@@H](CC(C)C)C(=O)O. The summed E-state index contributed by atoms with van der Waals surface area (Å²) in [7, 11) is 1.39. The van der Waals surface area contributed by atoms with Crippen molar-refractivity contribution < 1.29 is 29.0 Å². The van der Waals surface area contributed by atoms with E-state index >= 15 is 0 Å². The van der Waals surface area contributed by atoms with Crippen LogP contribution in [-0.2, 0) is 19.1 Å². The molecule has 2 amide bonds. The first-order valence-electron chi connectivity index (χ1n) is 11.0. The summed E-state index contributed by atoms with van der Waals surface area (Å²) >= 11 is 0. The van der Waals surface area contributed by atoms with E-state index in [9.17, 15) is 19.5 Å². The number of methoxy groups -OCH3 is 1. The predicted octanol–water partition coefficient (Wildman–Crippen LogP) is 3.16. The molecule has 0 saturated carbocycles. The lowest BCUT2D eigenvalue weighted by Gasteiger charge is -2.22. The first kappa shape index (κ1) is 24.3. The van der Waals surface area contributed by atoms with Crippen molar-refractivity contribution in [2.24, 2.45) is 5.92 Å². The van der Waals surface area contributed by atoms with E-state index in [2.05, 4.69) is 10.6 Å². The Morgan fingerprint density at radius 1 is 0.939 bits per heavy atom. The van der Waals surface area contributed by atoms with Crippen LogP contribution in [0.3, 0.4) is 0 Å². The number of fused-ring (bicyclic) bond motifs is 3. The van der Waals surface area contributed by atoms with Crippen molar-refractivity contribution in [2.45, 2.75) is 38.3 Å². The molecule has 0 spiro atoms. The summed E-state index contributed by atoms with van der Waals surface area (Å²) in [5, 5.41) is 14.3. The second-order valence-electron chi connectivity index (χ2n) is 8.51. The number of rotatable bonds is 10. The zero-order valence-corrected chi connectivity index (χ0v) is 19.0. The lowest BCUT2D eigenvalue weighted by Crippen LogP contribution is -2.53. The molecule has 8 nitrogen and oxygen atoms in total. The average Bonchev–Trinajstić information content (AvgIpc) is 3.10. The Hall–Kier alpha value is -3.39. The highest BCUT2D eigenvalue weighted by Gasteiger charge is 2.31. The van der Waals surface area contributed by atoms with Gasteiger partial charge in [0.05, 0.1) is 6.61 Å². The molecule has 2 aromatic rings. The lowest BCUT2D eigenvalue weighted by molar-refractivity contribution is -0.142. The molecular formula is C25H30N2O6. The molecule has 0 saturated heterocycles. The number of alkyl carbamates (subject to hydrolysis) is 1. The number of amides is 2. The van der Waals surface area contributed by atoms with Crippen molar-refractivity contribution >= 4 is 18.0 Å². The molecule has 8 heteroatoms. The minimum Gasteiger partial charge on any atom is -0.480 e. The second kappa shape index (κ2) is 11.0. The standard InChI is InChI=1S/C25H30N2O6/c1-15(2)12-21(24(29)30)26-23(28)22(14-32-3)27-25(31)33-13-20-18-10-6-4-8-16(18)17-9-5-7-11-19(17)20/h4-11,15,20-22H,12-14H2,1-3H3,(H,26,28)(H,27,31)(H,29,30)/t21-,22?/m0/s1. The van der Waals surface area contributed by atoms with Crippen molar-refractivity contribution in [1.29, 1.82) is 0 Å². The number of ether oxygens (including phenoxy) is 2. The molecule has 33 heavy (non-hydrogen) atoms. The van der Waals surface area contributed by atoms with Crippen LogP contribution in [0.2, 0.25) is 0 Å². The third-order valence-corrected chi connectivity index (χ3v) is 5.61. The third kappa shape index (κ3) is 5.90. The van der Waals surface area contributed by atoms with E-state index in [0.29, 0.717) is 0 Å². The van der Waals surface area contributed by atoms with E-state index in [0.717, 1.165) is 22.3 Å². The Balaban J connectivity index is 1.64. The number of carboxylic acids is 1. The minimum atomic E-state index is -1.13. The Bertz CT molecular complexity index is 960. The van der Waals surface area contributed by atoms with Crippen LogP contribution < -0.4 is 10.6 Å². The summed E-state index contributed by atoms with van der Waals surface area (Å²) in [6.07, 6.45) is -0.504. The summed E-state index contributed by atoms with van der Waals surface area (Å²) in [5.41, 5.74) is 4.39. The van der Waals surface area contributed by atoms with E-state index < -0.39 is 30.1 Å².